The maximum Gasteiger partial charge on any atom is 0.335 e. The highest BCUT2D eigenvalue weighted by atomic mass is 32.2. The van der Waals surface area contributed by atoms with E-state index in [0.717, 1.165) is 29.7 Å². The van der Waals surface area contributed by atoms with Crippen LogP contribution in [0.2, 0.25) is 0 Å². The molecule has 0 radical (unpaired) electrons. The number of carboxylic acid groups (broad SMARTS) is 1. The zero-order chi connectivity index (χ0) is 15.6. The van der Waals surface area contributed by atoms with E-state index >= 15 is 0 Å². The van der Waals surface area contributed by atoms with Crippen molar-refractivity contribution >= 4 is 27.6 Å². The summed E-state index contributed by atoms with van der Waals surface area (Å²) in [6.45, 7) is 1.78. The molecule has 0 amide bonds. The second-order valence-corrected chi connectivity index (χ2v) is 9.34. The summed E-state index contributed by atoms with van der Waals surface area (Å²) in [5, 5.41) is 9.14. The van der Waals surface area contributed by atoms with Crippen molar-refractivity contribution in [2.75, 3.05) is 6.26 Å². The number of hydrogen-bond donors (Lipinski definition) is 1. The van der Waals surface area contributed by atoms with Crippen molar-refractivity contribution in [3.63, 3.8) is 0 Å². The molecule has 1 saturated carbocycles. The maximum atomic E-state index is 11.7. The first kappa shape index (κ1) is 16.4. The molecular formula is C15H20O4S2. The van der Waals surface area contributed by atoms with Crippen LogP contribution < -0.4 is 0 Å². The van der Waals surface area contributed by atoms with Gasteiger partial charge in [0.15, 0.2) is 0 Å². The fourth-order valence-electron chi connectivity index (χ4n) is 2.70. The SMILES string of the molecule is Cc1ccc(SC2CCCC(S(C)(=O)=O)C2)cc1C(=O)O. The van der Waals surface area contributed by atoms with Crippen LogP contribution in [-0.2, 0) is 9.84 Å². The van der Waals surface area contributed by atoms with Gasteiger partial charge in [-0.2, -0.15) is 0 Å². The predicted molar refractivity (Wildman–Crippen MR) is 84.9 cm³/mol. The summed E-state index contributed by atoms with van der Waals surface area (Å²) in [7, 11) is -2.99. The average Bonchev–Trinajstić information content (AvgIpc) is 2.40. The third kappa shape index (κ3) is 4.23. The Kier molecular flexibility index (Phi) is 4.99. The molecule has 2 atom stereocenters. The molecule has 1 aromatic rings. The molecule has 6 heteroatoms. The number of benzene rings is 1. The van der Waals surface area contributed by atoms with Crippen LogP contribution in [0, 0.1) is 6.92 Å². The van der Waals surface area contributed by atoms with Crippen molar-refractivity contribution in [3.05, 3.63) is 29.3 Å². The van der Waals surface area contributed by atoms with E-state index in [2.05, 4.69) is 0 Å². The molecule has 4 nitrogen and oxygen atoms in total. The quantitative estimate of drug-likeness (QED) is 0.919. The first-order valence-corrected chi connectivity index (χ1v) is 9.80. The summed E-state index contributed by atoms with van der Waals surface area (Å²) in [5.41, 5.74) is 1.06. The largest absolute Gasteiger partial charge is 0.478 e. The number of carbonyl (C=O) groups is 1. The van der Waals surface area contributed by atoms with Crippen molar-refractivity contribution < 1.29 is 18.3 Å². The number of thioether (sulfide) groups is 1. The molecule has 116 valence electrons. The Bertz CT molecular complexity index is 637. The van der Waals surface area contributed by atoms with Crippen LogP contribution in [0.1, 0.15) is 41.6 Å². The van der Waals surface area contributed by atoms with Crippen molar-refractivity contribution in [1.82, 2.24) is 0 Å². The van der Waals surface area contributed by atoms with Gasteiger partial charge in [0.2, 0.25) is 0 Å². The molecular weight excluding hydrogens is 308 g/mol. The predicted octanol–water partition coefficient (Wildman–Crippen LogP) is 3.14. The van der Waals surface area contributed by atoms with Crippen LogP contribution in [0.5, 0.6) is 0 Å². The van der Waals surface area contributed by atoms with E-state index in [9.17, 15) is 13.2 Å². The molecule has 1 aromatic carbocycles. The normalized spacial score (nSPS) is 23.0. The van der Waals surface area contributed by atoms with Gasteiger partial charge in [0.1, 0.15) is 9.84 Å². The molecule has 1 aliphatic carbocycles. The van der Waals surface area contributed by atoms with Gasteiger partial charge in [-0.1, -0.05) is 12.5 Å². The average molecular weight is 328 g/mol. The van der Waals surface area contributed by atoms with E-state index in [-0.39, 0.29) is 10.5 Å². The third-order valence-corrected chi connectivity index (χ3v) is 6.85. The number of rotatable bonds is 4. The lowest BCUT2D eigenvalue weighted by atomic mass is 10.00. The highest BCUT2D eigenvalue weighted by Gasteiger charge is 2.29. The van der Waals surface area contributed by atoms with Crippen LogP contribution in [0.15, 0.2) is 23.1 Å². The minimum absolute atomic E-state index is 0.239. The maximum absolute atomic E-state index is 11.7. The van der Waals surface area contributed by atoms with Crippen LogP contribution in [0.25, 0.3) is 0 Å². The topological polar surface area (TPSA) is 71.4 Å². The molecule has 0 aliphatic heterocycles. The zero-order valence-corrected chi connectivity index (χ0v) is 13.8. The molecule has 0 saturated heterocycles. The van der Waals surface area contributed by atoms with Crippen molar-refractivity contribution in [3.8, 4) is 0 Å². The van der Waals surface area contributed by atoms with E-state index in [1.54, 1.807) is 24.8 Å². The molecule has 0 heterocycles. The highest BCUT2D eigenvalue weighted by molar-refractivity contribution is 8.00. The highest BCUT2D eigenvalue weighted by Crippen LogP contribution is 2.36. The Balaban J connectivity index is 2.11. The lowest BCUT2D eigenvalue weighted by molar-refractivity contribution is 0.0696. The summed E-state index contributed by atoms with van der Waals surface area (Å²) >= 11 is 1.60. The lowest BCUT2D eigenvalue weighted by Gasteiger charge is -2.27. The van der Waals surface area contributed by atoms with Gasteiger partial charge in [0, 0.05) is 16.4 Å². The number of sulfone groups is 1. The molecule has 0 spiro atoms. The zero-order valence-electron chi connectivity index (χ0n) is 12.2. The van der Waals surface area contributed by atoms with Gasteiger partial charge in [-0.15, -0.1) is 11.8 Å². The Morgan fingerprint density at radius 3 is 2.67 bits per heavy atom. The lowest BCUT2D eigenvalue weighted by Crippen LogP contribution is -2.28. The van der Waals surface area contributed by atoms with E-state index in [4.69, 9.17) is 5.11 Å². The number of aryl methyl sites for hydroxylation is 1. The number of hydrogen-bond acceptors (Lipinski definition) is 4. The molecule has 21 heavy (non-hydrogen) atoms. The summed E-state index contributed by atoms with van der Waals surface area (Å²) in [4.78, 5) is 12.1. The van der Waals surface area contributed by atoms with E-state index in [1.165, 1.54) is 6.26 Å². The molecule has 0 bridgehead atoms. The minimum Gasteiger partial charge on any atom is -0.478 e. The fraction of sp³-hybridized carbons (Fsp3) is 0.533. The van der Waals surface area contributed by atoms with Crippen LogP contribution >= 0.6 is 11.8 Å². The third-order valence-electron chi connectivity index (χ3n) is 3.93. The molecule has 1 N–H and O–H groups in total. The first-order valence-electron chi connectivity index (χ1n) is 6.97. The van der Waals surface area contributed by atoms with Gasteiger partial charge in [0.25, 0.3) is 0 Å². The molecule has 2 rings (SSSR count). The van der Waals surface area contributed by atoms with Gasteiger partial charge in [-0.05, 0) is 43.9 Å². The molecule has 0 aromatic heterocycles. The smallest absolute Gasteiger partial charge is 0.335 e. The van der Waals surface area contributed by atoms with Gasteiger partial charge in [0.05, 0.1) is 10.8 Å². The minimum atomic E-state index is -2.99. The van der Waals surface area contributed by atoms with Crippen molar-refractivity contribution in [2.45, 2.75) is 48.0 Å². The summed E-state index contributed by atoms with van der Waals surface area (Å²) in [6, 6.07) is 5.41. The summed E-state index contributed by atoms with van der Waals surface area (Å²) in [6.07, 6.45) is 4.59. The second kappa shape index (κ2) is 6.40. The van der Waals surface area contributed by atoms with Crippen molar-refractivity contribution in [2.24, 2.45) is 0 Å². The Morgan fingerprint density at radius 1 is 1.33 bits per heavy atom. The standard InChI is InChI=1S/C15H20O4S2/c1-10-6-7-12(9-14(10)15(16)17)20-11-4-3-5-13(8-11)21(2,18)19/h6-7,9,11,13H,3-5,8H2,1-2H3,(H,16,17). The van der Waals surface area contributed by atoms with Crippen LogP contribution in [0.3, 0.4) is 0 Å². The van der Waals surface area contributed by atoms with E-state index in [0.29, 0.717) is 12.0 Å². The Hall–Kier alpha value is -1.01. The Morgan fingerprint density at radius 2 is 2.05 bits per heavy atom. The fourth-order valence-corrected chi connectivity index (χ4v) is 5.32. The van der Waals surface area contributed by atoms with Crippen molar-refractivity contribution in [1.29, 1.82) is 0 Å². The van der Waals surface area contributed by atoms with Gasteiger partial charge in [-0.3, -0.25) is 0 Å². The van der Waals surface area contributed by atoms with E-state index < -0.39 is 15.8 Å². The number of aromatic carboxylic acids is 1. The second-order valence-electron chi connectivity index (χ2n) is 5.64. The summed E-state index contributed by atoms with van der Waals surface area (Å²) < 4.78 is 23.4. The molecule has 2 unspecified atom stereocenters. The molecule has 1 fully saturated rings. The van der Waals surface area contributed by atoms with Gasteiger partial charge in [-0.25, -0.2) is 13.2 Å². The van der Waals surface area contributed by atoms with Crippen LogP contribution in [0.4, 0.5) is 0 Å². The van der Waals surface area contributed by atoms with E-state index in [1.807, 2.05) is 12.1 Å². The molecule has 1 aliphatic rings. The van der Waals surface area contributed by atoms with Gasteiger partial charge >= 0.3 is 5.97 Å². The van der Waals surface area contributed by atoms with Gasteiger partial charge < -0.3 is 5.11 Å². The summed E-state index contributed by atoms with van der Waals surface area (Å²) in [5.74, 6) is -0.924. The Labute approximate surface area is 129 Å². The first-order chi connectivity index (χ1) is 9.77. The number of carboxylic acids is 1. The van der Waals surface area contributed by atoms with Crippen LogP contribution in [-0.4, -0.2) is 36.2 Å². The monoisotopic (exact) mass is 328 g/mol.